The highest BCUT2D eigenvalue weighted by Crippen LogP contribution is 2.30. The summed E-state index contributed by atoms with van der Waals surface area (Å²) in [5, 5.41) is 13.5. The van der Waals surface area contributed by atoms with Gasteiger partial charge in [-0.3, -0.25) is 15.1 Å². The van der Waals surface area contributed by atoms with Crippen molar-refractivity contribution in [1.82, 2.24) is 4.98 Å². The van der Waals surface area contributed by atoms with Gasteiger partial charge in [-0.25, -0.2) is 8.78 Å². The van der Waals surface area contributed by atoms with E-state index in [0.717, 1.165) is 11.8 Å². The van der Waals surface area contributed by atoms with Crippen molar-refractivity contribution in [2.45, 2.75) is 19.9 Å². The number of non-ortho nitro benzene ring substituents is 1. The van der Waals surface area contributed by atoms with Crippen LogP contribution in [0.3, 0.4) is 0 Å². The number of rotatable bonds is 5. The third-order valence-electron chi connectivity index (χ3n) is 2.89. The Bertz CT molecular complexity index is 662. The summed E-state index contributed by atoms with van der Waals surface area (Å²) in [6.07, 6.45) is -2.79. The first kappa shape index (κ1) is 14.8. The molecular weight excluding hydrogens is 280 g/mol. The molecule has 0 spiro atoms. The van der Waals surface area contributed by atoms with E-state index in [2.05, 4.69) is 10.3 Å². The molecule has 1 N–H and O–H groups in total. The zero-order valence-corrected chi connectivity index (χ0v) is 11.2. The standard InChI is InChI=1S/C14H13F2N3O2/c1-9-3-2-4-10(18-9)8-17-13-6-5-11(19(20)21)7-12(13)14(15)16/h2-7,14,17H,8H2,1H3. The fraction of sp³-hybridized carbons (Fsp3) is 0.214. The summed E-state index contributed by atoms with van der Waals surface area (Å²) in [6, 6.07) is 8.79. The van der Waals surface area contributed by atoms with Crippen LogP contribution in [0.15, 0.2) is 36.4 Å². The molecule has 0 aliphatic heterocycles. The van der Waals surface area contributed by atoms with Gasteiger partial charge >= 0.3 is 0 Å². The van der Waals surface area contributed by atoms with Crippen molar-refractivity contribution in [3.63, 3.8) is 0 Å². The van der Waals surface area contributed by atoms with E-state index in [4.69, 9.17) is 0 Å². The summed E-state index contributed by atoms with van der Waals surface area (Å²) >= 11 is 0. The summed E-state index contributed by atoms with van der Waals surface area (Å²) in [5.74, 6) is 0. The number of nitrogens with one attached hydrogen (secondary N) is 1. The van der Waals surface area contributed by atoms with Gasteiger partial charge in [0, 0.05) is 29.1 Å². The van der Waals surface area contributed by atoms with E-state index in [0.29, 0.717) is 5.69 Å². The first-order valence-corrected chi connectivity index (χ1v) is 6.20. The van der Waals surface area contributed by atoms with Gasteiger partial charge in [-0.2, -0.15) is 0 Å². The molecule has 7 heteroatoms. The van der Waals surface area contributed by atoms with E-state index in [1.807, 2.05) is 19.1 Å². The largest absolute Gasteiger partial charge is 0.379 e. The van der Waals surface area contributed by atoms with Crippen molar-refractivity contribution < 1.29 is 13.7 Å². The summed E-state index contributed by atoms with van der Waals surface area (Å²) in [5.41, 5.74) is 0.945. The molecule has 1 aromatic carbocycles. The highest BCUT2D eigenvalue weighted by molar-refractivity contribution is 5.56. The summed E-state index contributed by atoms with van der Waals surface area (Å²) in [7, 11) is 0. The van der Waals surface area contributed by atoms with Gasteiger partial charge in [0.15, 0.2) is 0 Å². The molecule has 0 amide bonds. The number of nitro groups is 1. The molecule has 0 fully saturated rings. The van der Waals surface area contributed by atoms with Crippen molar-refractivity contribution in [1.29, 1.82) is 0 Å². The highest BCUT2D eigenvalue weighted by Gasteiger charge is 2.17. The molecule has 2 rings (SSSR count). The van der Waals surface area contributed by atoms with Crippen LogP contribution in [0.5, 0.6) is 0 Å². The summed E-state index contributed by atoms with van der Waals surface area (Å²) < 4.78 is 26.0. The van der Waals surface area contributed by atoms with Gasteiger partial charge in [-0.15, -0.1) is 0 Å². The Morgan fingerprint density at radius 2 is 2.10 bits per heavy atom. The Hall–Kier alpha value is -2.57. The summed E-state index contributed by atoms with van der Waals surface area (Å²) in [4.78, 5) is 14.2. The summed E-state index contributed by atoms with van der Waals surface area (Å²) in [6.45, 7) is 2.10. The van der Waals surface area contributed by atoms with Crippen LogP contribution >= 0.6 is 0 Å². The molecule has 0 bridgehead atoms. The maximum absolute atomic E-state index is 13.0. The maximum Gasteiger partial charge on any atom is 0.270 e. The Balaban J connectivity index is 2.21. The van der Waals surface area contributed by atoms with E-state index >= 15 is 0 Å². The Labute approximate surface area is 119 Å². The van der Waals surface area contributed by atoms with E-state index in [1.165, 1.54) is 12.1 Å². The normalized spacial score (nSPS) is 10.7. The number of aryl methyl sites for hydroxylation is 1. The lowest BCUT2D eigenvalue weighted by Gasteiger charge is -2.11. The van der Waals surface area contributed by atoms with Gasteiger partial charge in [0.1, 0.15) is 0 Å². The van der Waals surface area contributed by atoms with E-state index in [1.54, 1.807) is 6.07 Å². The fourth-order valence-corrected chi connectivity index (χ4v) is 1.89. The average Bonchev–Trinajstić information content (AvgIpc) is 2.44. The molecule has 0 aliphatic carbocycles. The van der Waals surface area contributed by atoms with Crippen LogP contribution < -0.4 is 5.32 Å². The number of benzene rings is 1. The number of nitrogens with zero attached hydrogens (tertiary/aromatic N) is 2. The van der Waals surface area contributed by atoms with Crippen molar-refractivity contribution in [3.05, 3.63) is 63.5 Å². The molecule has 1 aromatic heterocycles. The Morgan fingerprint density at radius 1 is 1.33 bits per heavy atom. The van der Waals surface area contributed by atoms with Crippen LogP contribution in [0, 0.1) is 17.0 Å². The van der Waals surface area contributed by atoms with Gasteiger partial charge < -0.3 is 5.32 Å². The lowest BCUT2D eigenvalue weighted by molar-refractivity contribution is -0.385. The number of anilines is 1. The second kappa shape index (κ2) is 6.25. The number of alkyl halides is 2. The van der Waals surface area contributed by atoms with Crippen LogP contribution in [0.4, 0.5) is 20.2 Å². The Kier molecular flexibility index (Phi) is 4.42. The zero-order chi connectivity index (χ0) is 15.4. The fourth-order valence-electron chi connectivity index (χ4n) is 1.89. The molecule has 0 unspecified atom stereocenters. The molecule has 110 valence electrons. The lowest BCUT2D eigenvalue weighted by Crippen LogP contribution is -2.05. The number of halogens is 2. The molecule has 0 saturated carbocycles. The molecule has 1 heterocycles. The predicted molar refractivity (Wildman–Crippen MR) is 74.4 cm³/mol. The average molecular weight is 293 g/mol. The quantitative estimate of drug-likeness (QED) is 0.671. The highest BCUT2D eigenvalue weighted by atomic mass is 19.3. The lowest BCUT2D eigenvalue weighted by atomic mass is 10.1. The minimum Gasteiger partial charge on any atom is -0.379 e. The maximum atomic E-state index is 13.0. The molecule has 0 aliphatic rings. The molecular formula is C14H13F2N3O2. The van der Waals surface area contributed by atoms with E-state index < -0.39 is 16.9 Å². The van der Waals surface area contributed by atoms with Crippen molar-refractivity contribution >= 4 is 11.4 Å². The first-order valence-electron chi connectivity index (χ1n) is 6.20. The molecule has 0 saturated heterocycles. The molecule has 2 aromatic rings. The Morgan fingerprint density at radius 3 is 2.71 bits per heavy atom. The topological polar surface area (TPSA) is 68.1 Å². The second-order valence-electron chi connectivity index (χ2n) is 4.45. The number of aromatic nitrogens is 1. The van der Waals surface area contributed by atoms with Crippen LogP contribution in [-0.2, 0) is 6.54 Å². The van der Waals surface area contributed by atoms with Crippen LogP contribution in [-0.4, -0.2) is 9.91 Å². The SMILES string of the molecule is Cc1cccc(CNc2ccc([N+](=O)[O-])cc2C(F)F)n1. The number of pyridine rings is 1. The van der Waals surface area contributed by atoms with Gasteiger partial charge in [-0.05, 0) is 25.1 Å². The van der Waals surface area contributed by atoms with Crippen LogP contribution in [0.2, 0.25) is 0 Å². The van der Waals surface area contributed by atoms with E-state index in [9.17, 15) is 18.9 Å². The van der Waals surface area contributed by atoms with Gasteiger partial charge in [0.25, 0.3) is 12.1 Å². The van der Waals surface area contributed by atoms with Crippen molar-refractivity contribution in [2.75, 3.05) is 5.32 Å². The second-order valence-corrected chi connectivity index (χ2v) is 4.45. The molecule has 5 nitrogen and oxygen atoms in total. The van der Waals surface area contributed by atoms with Crippen LogP contribution in [0.1, 0.15) is 23.4 Å². The van der Waals surface area contributed by atoms with Crippen molar-refractivity contribution in [2.24, 2.45) is 0 Å². The monoisotopic (exact) mass is 293 g/mol. The van der Waals surface area contributed by atoms with E-state index in [-0.39, 0.29) is 17.9 Å². The molecule has 0 radical (unpaired) electrons. The minimum absolute atomic E-state index is 0.166. The van der Waals surface area contributed by atoms with Gasteiger partial charge in [0.2, 0.25) is 0 Å². The zero-order valence-electron chi connectivity index (χ0n) is 11.2. The minimum atomic E-state index is -2.79. The first-order chi connectivity index (χ1) is 9.97. The van der Waals surface area contributed by atoms with Crippen LogP contribution in [0.25, 0.3) is 0 Å². The number of nitro benzene ring substituents is 1. The number of hydrogen-bond acceptors (Lipinski definition) is 4. The van der Waals surface area contributed by atoms with Crippen molar-refractivity contribution in [3.8, 4) is 0 Å². The van der Waals surface area contributed by atoms with Gasteiger partial charge in [-0.1, -0.05) is 6.07 Å². The smallest absolute Gasteiger partial charge is 0.270 e. The third-order valence-corrected chi connectivity index (χ3v) is 2.89. The third kappa shape index (κ3) is 3.71. The number of hydrogen-bond donors (Lipinski definition) is 1. The predicted octanol–water partition coefficient (Wildman–Crippen LogP) is 3.85. The molecule has 21 heavy (non-hydrogen) atoms. The molecule has 0 atom stereocenters. The van der Waals surface area contributed by atoms with Gasteiger partial charge in [0.05, 0.1) is 17.2 Å².